The van der Waals surface area contributed by atoms with Gasteiger partial charge in [-0.25, -0.2) is 9.97 Å². The van der Waals surface area contributed by atoms with Gasteiger partial charge in [0.05, 0.1) is 23.5 Å². The van der Waals surface area contributed by atoms with Crippen molar-refractivity contribution in [3.63, 3.8) is 0 Å². The molecule has 3 N–H and O–H groups in total. The molecule has 5 heteroatoms. The van der Waals surface area contributed by atoms with E-state index in [0.717, 1.165) is 24.9 Å². The lowest BCUT2D eigenvalue weighted by molar-refractivity contribution is -0.124. The van der Waals surface area contributed by atoms with Crippen LogP contribution in [0.1, 0.15) is 24.6 Å². The Bertz CT molecular complexity index is 627. The van der Waals surface area contributed by atoms with E-state index in [1.165, 1.54) is 0 Å². The highest BCUT2D eigenvalue weighted by Crippen LogP contribution is 2.27. The fraction of sp³-hybridized carbons (Fsp3) is 0.267. The van der Waals surface area contributed by atoms with Gasteiger partial charge < -0.3 is 11.1 Å². The normalized spacial score (nSPS) is 18.6. The van der Waals surface area contributed by atoms with Crippen LogP contribution in [0.25, 0.3) is 11.3 Å². The predicted octanol–water partition coefficient (Wildman–Crippen LogP) is 1.72. The minimum absolute atomic E-state index is 0.0000307. The zero-order valence-electron chi connectivity index (χ0n) is 11.0. The Morgan fingerprint density at radius 1 is 1.25 bits per heavy atom. The van der Waals surface area contributed by atoms with Crippen molar-refractivity contribution in [1.29, 1.82) is 0 Å². The largest absolute Gasteiger partial charge is 0.396 e. The smallest absolute Gasteiger partial charge is 0.230 e. The van der Waals surface area contributed by atoms with E-state index < -0.39 is 0 Å². The molecule has 1 atom stereocenters. The fourth-order valence-electron chi connectivity index (χ4n) is 2.42. The Labute approximate surface area is 117 Å². The van der Waals surface area contributed by atoms with Gasteiger partial charge in [0, 0.05) is 12.1 Å². The maximum absolute atomic E-state index is 11.9. The number of hydrogen-bond donors (Lipinski definition) is 2. The Morgan fingerprint density at radius 2 is 2.05 bits per heavy atom. The lowest BCUT2D eigenvalue weighted by atomic mass is 9.97. The zero-order valence-corrected chi connectivity index (χ0v) is 11.0. The number of rotatable bonds is 2. The summed E-state index contributed by atoms with van der Waals surface area (Å²) in [5, 5.41) is 2.85. The first kappa shape index (κ1) is 12.6. The number of anilines is 1. The van der Waals surface area contributed by atoms with Gasteiger partial charge in [0.1, 0.15) is 5.82 Å². The molecule has 0 aliphatic carbocycles. The molecule has 1 amide bonds. The summed E-state index contributed by atoms with van der Waals surface area (Å²) in [7, 11) is 0. The molecule has 1 aliphatic heterocycles. The summed E-state index contributed by atoms with van der Waals surface area (Å²) in [6, 6.07) is 9.71. The van der Waals surface area contributed by atoms with Gasteiger partial charge in [-0.3, -0.25) is 4.79 Å². The SMILES string of the molecule is Nc1cnc([C@H]2CCCNC2=O)nc1-c1ccccc1. The number of amides is 1. The minimum Gasteiger partial charge on any atom is -0.396 e. The minimum atomic E-state index is -0.271. The van der Waals surface area contributed by atoms with Crippen molar-refractivity contribution in [3.05, 3.63) is 42.4 Å². The third-order valence-corrected chi connectivity index (χ3v) is 3.48. The first-order chi connectivity index (χ1) is 9.75. The van der Waals surface area contributed by atoms with E-state index in [4.69, 9.17) is 5.73 Å². The first-order valence-electron chi connectivity index (χ1n) is 6.71. The second kappa shape index (κ2) is 5.28. The van der Waals surface area contributed by atoms with E-state index in [9.17, 15) is 4.79 Å². The highest BCUT2D eigenvalue weighted by atomic mass is 16.1. The van der Waals surface area contributed by atoms with Crippen molar-refractivity contribution >= 4 is 11.6 Å². The van der Waals surface area contributed by atoms with Gasteiger partial charge in [0.2, 0.25) is 5.91 Å². The average Bonchev–Trinajstić information content (AvgIpc) is 2.49. The van der Waals surface area contributed by atoms with Crippen molar-refractivity contribution in [2.45, 2.75) is 18.8 Å². The standard InChI is InChI=1S/C15H16N4O/c16-12-9-18-14(11-7-4-8-17-15(11)20)19-13(12)10-5-2-1-3-6-10/h1-3,5-6,9,11H,4,7-8,16H2,(H,17,20)/t11-/m1/s1. The van der Waals surface area contributed by atoms with E-state index in [-0.39, 0.29) is 11.8 Å². The summed E-state index contributed by atoms with van der Waals surface area (Å²) < 4.78 is 0. The second-order valence-corrected chi connectivity index (χ2v) is 4.88. The van der Waals surface area contributed by atoms with Crippen LogP contribution in [-0.4, -0.2) is 22.4 Å². The molecule has 0 unspecified atom stereocenters. The summed E-state index contributed by atoms with van der Waals surface area (Å²) in [6.45, 7) is 0.732. The van der Waals surface area contributed by atoms with Crippen molar-refractivity contribution < 1.29 is 4.79 Å². The van der Waals surface area contributed by atoms with Gasteiger partial charge in [-0.2, -0.15) is 0 Å². The Morgan fingerprint density at radius 3 is 2.80 bits per heavy atom. The quantitative estimate of drug-likeness (QED) is 0.869. The molecule has 0 saturated carbocycles. The van der Waals surface area contributed by atoms with Crippen LogP contribution in [-0.2, 0) is 4.79 Å². The topological polar surface area (TPSA) is 80.9 Å². The molecular weight excluding hydrogens is 252 g/mol. The number of nitrogen functional groups attached to an aromatic ring is 1. The van der Waals surface area contributed by atoms with Crippen LogP contribution in [0.3, 0.4) is 0 Å². The third-order valence-electron chi connectivity index (χ3n) is 3.48. The van der Waals surface area contributed by atoms with Crippen molar-refractivity contribution in [1.82, 2.24) is 15.3 Å². The Kier molecular flexibility index (Phi) is 3.33. The third kappa shape index (κ3) is 2.34. The number of piperidine rings is 1. The van der Waals surface area contributed by atoms with Crippen LogP contribution in [0, 0.1) is 0 Å². The van der Waals surface area contributed by atoms with Gasteiger partial charge in [0.25, 0.3) is 0 Å². The molecule has 1 fully saturated rings. The van der Waals surface area contributed by atoms with Crippen LogP contribution in [0.15, 0.2) is 36.5 Å². The van der Waals surface area contributed by atoms with Crippen LogP contribution in [0.4, 0.5) is 5.69 Å². The number of carbonyl (C=O) groups is 1. The van der Waals surface area contributed by atoms with Gasteiger partial charge in [-0.05, 0) is 12.8 Å². The number of benzene rings is 1. The van der Waals surface area contributed by atoms with Crippen LogP contribution < -0.4 is 11.1 Å². The van der Waals surface area contributed by atoms with E-state index in [1.807, 2.05) is 30.3 Å². The van der Waals surface area contributed by atoms with Crippen molar-refractivity contribution in [2.75, 3.05) is 12.3 Å². The average molecular weight is 268 g/mol. The Hall–Kier alpha value is -2.43. The zero-order chi connectivity index (χ0) is 13.9. The molecule has 1 aromatic carbocycles. The maximum atomic E-state index is 11.9. The molecule has 1 saturated heterocycles. The lowest BCUT2D eigenvalue weighted by Crippen LogP contribution is -2.35. The number of nitrogens with two attached hydrogens (primary N) is 1. The predicted molar refractivity (Wildman–Crippen MR) is 76.9 cm³/mol. The summed E-state index contributed by atoms with van der Waals surface area (Å²) in [6.07, 6.45) is 3.32. The maximum Gasteiger partial charge on any atom is 0.230 e. The van der Waals surface area contributed by atoms with E-state index in [1.54, 1.807) is 6.20 Å². The molecule has 0 radical (unpaired) electrons. The molecular formula is C15H16N4O. The van der Waals surface area contributed by atoms with Gasteiger partial charge in [-0.1, -0.05) is 30.3 Å². The molecule has 0 bridgehead atoms. The molecule has 102 valence electrons. The van der Waals surface area contributed by atoms with Gasteiger partial charge in [-0.15, -0.1) is 0 Å². The summed E-state index contributed by atoms with van der Waals surface area (Å²) >= 11 is 0. The number of nitrogens with one attached hydrogen (secondary N) is 1. The molecule has 2 heterocycles. The molecule has 20 heavy (non-hydrogen) atoms. The van der Waals surface area contributed by atoms with Crippen LogP contribution in [0.5, 0.6) is 0 Å². The van der Waals surface area contributed by atoms with Crippen molar-refractivity contribution in [3.8, 4) is 11.3 Å². The first-order valence-corrected chi connectivity index (χ1v) is 6.71. The lowest BCUT2D eigenvalue weighted by Gasteiger charge is -2.21. The number of nitrogens with zero attached hydrogens (tertiary/aromatic N) is 2. The van der Waals surface area contributed by atoms with E-state index >= 15 is 0 Å². The van der Waals surface area contributed by atoms with Crippen molar-refractivity contribution in [2.24, 2.45) is 0 Å². The highest BCUT2D eigenvalue weighted by Gasteiger charge is 2.26. The summed E-state index contributed by atoms with van der Waals surface area (Å²) in [5.41, 5.74) is 8.11. The van der Waals surface area contributed by atoms with Crippen LogP contribution >= 0.6 is 0 Å². The molecule has 2 aromatic rings. The van der Waals surface area contributed by atoms with E-state index in [2.05, 4.69) is 15.3 Å². The number of hydrogen-bond acceptors (Lipinski definition) is 4. The number of aromatic nitrogens is 2. The molecule has 0 spiro atoms. The van der Waals surface area contributed by atoms with Crippen LogP contribution in [0.2, 0.25) is 0 Å². The molecule has 1 aromatic heterocycles. The van der Waals surface area contributed by atoms with Gasteiger partial charge in [0.15, 0.2) is 0 Å². The monoisotopic (exact) mass is 268 g/mol. The van der Waals surface area contributed by atoms with Gasteiger partial charge >= 0.3 is 0 Å². The molecule has 3 rings (SSSR count). The fourth-order valence-corrected chi connectivity index (χ4v) is 2.42. The second-order valence-electron chi connectivity index (χ2n) is 4.88. The summed E-state index contributed by atoms with van der Waals surface area (Å²) in [4.78, 5) is 20.7. The Balaban J connectivity index is 2.00. The molecule has 5 nitrogen and oxygen atoms in total. The molecule has 1 aliphatic rings. The van der Waals surface area contributed by atoms with E-state index in [0.29, 0.717) is 17.2 Å². The number of carbonyl (C=O) groups excluding carboxylic acids is 1. The highest BCUT2D eigenvalue weighted by molar-refractivity contribution is 5.83. The summed E-state index contributed by atoms with van der Waals surface area (Å²) in [5.74, 6) is 0.280.